The Morgan fingerprint density at radius 2 is 1.82 bits per heavy atom. The average molecular weight is 525 g/mol. The van der Waals surface area contributed by atoms with Crippen molar-refractivity contribution < 1.29 is 32.5 Å². The summed E-state index contributed by atoms with van der Waals surface area (Å²) in [4.78, 5) is 15.5. The number of alkyl halides is 3. The number of aromatic carboxylic acids is 1. The molecule has 4 rings (SSSR count). The molecule has 0 saturated carbocycles. The zero-order valence-electron chi connectivity index (χ0n) is 21.1. The minimum Gasteiger partial charge on any atom is -0.497 e. The van der Waals surface area contributed by atoms with Crippen LogP contribution in [0.15, 0.2) is 66.7 Å². The van der Waals surface area contributed by atoms with Crippen molar-refractivity contribution in [3.8, 4) is 22.6 Å². The number of carboxylic acids is 1. The maximum absolute atomic E-state index is 13.7. The number of benzene rings is 3. The van der Waals surface area contributed by atoms with Crippen molar-refractivity contribution >= 4 is 16.9 Å². The zero-order chi connectivity index (χ0) is 27.4. The van der Waals surface area contributed by atoms with E-state index in [0.717, 1.165) is 23.4 Å². The van der Waals surface area contributed by atoms with Crippen LogP contribution in [0.2, 0.25) is 0 Å². The Morgan fingerprint density at radius 3 is 2.53 bits per heavy atom. The topological polar surface area (TPSA) is 80.7 Å². The second-order valence-corrected chi connectivity index (χ2v) is 8.91. The number of nitrogens with one attached hydrogen (secondary N) is 1. The van der Waals surface area contributed by atoms with Crippen molar-refractivity contribution in [1.82, 2.24) is 10.3 Å². The van der Waals surface area contributed by atoms with E-state index in [0.29, 0.717) is 34.1 Å². The van der Waals surface area contributed by atoms with Crippen LogP contribution in [0, 0.1) is 6.92 Å². The average Bonchev–Trinajstić information content (AvgIpc) is 2.89. The summed E-state index contributed by atoms with van der Waals surface area (Å²) in [6, 6.07) is 17.8. The van der Waals surface area contributed by atoms with E-state index in [-0.39, 0.29) is 24.1 Å². The van der Waals surface area contributed by atoms with Crippen LogP contribution in [-0.4, -0.2) is 36.3 Å². The van der Waals surface area contributed by atoms with Gasteiger partial charge in [-0.25, -0.2) is 9.78 Å². The van der Waals surface area contributed by atoms with Gasteiger partial charge in [0, 0.05) is 18.0 Å². The largest absolute Gasteiger partial charge is 0.497 e. The molecule has 198 valence electrons. The highest BCUT2D eigenvalue weighted by atomic mass is 19.4. The Labute approximate surface area is 218 Å². The standard InChI is InChI=1S/C29H27F3N2O4/c1-17-11-22-12-20(7-8-26(22)34-27(17)28(35)36)21-13-23(29(30,31)32)16-25(15-21)38-10-9-33-18(2)19-5-4-6-24(14-19)37-3/h4-8,11-16,18,33H,9-10H2,1-3H3,(H,35,36). The molecular weight excluding hydrogens is 497 g/mol. The van der Waals surface area contributed by atoms with Crippen LogP contribution in [0.4, 0.5) is 13.2 Å². The molecule has 1 unspecified atom stereocenters. The van der Waals surface area contributed by atoms with E-state index in [1.54, 1.807) is 44.4 Å². The molecule has 9 heteroatoms. The van der Waals surface area contributed by atoms with Crippen molar-refractivity contribution in [2.45, 2.75) is 26.1 Å². The highest BCUT2D eigenvalue weighted by molar-refractivity contribution is 5.93. The summed E-state index contributed by atoms with van der Waals surface area (Å²) >= 11 is 0. The summed E-state index contributed by atoms with van der Waals surface area (Å²) in [7, 11) is 1.60. The first-order chi connectivity index (χ1) is 18.0. The molecule has 0 spiro atoms. The Balaban J connectivity index is 1.54. The van der Waals surface area contributed by atoms with Crippen molar-refractivity contribution in [3.05, 3.63) is 89.1 Å². The molecule has 1 aromatic heterocycles. The van der Waals surface area contributed by atoms with Gasteiger partial charge < -0.3 is 19.9 Å². The minimum atomic E-state index is -4.56. The van der Waals surface area contributed by atoms with Crippen LogP contribution < -0.4 is 14.8 Å². The molecule has 3 aromatic carbocycles. The fourth-order valence-electron chi connectivity index (χ4n) is 4.16. The van der Waals surface area contributed by atoms with E-state index >= 15 is 0 Å². The second-order valence-electron chi connectivity index (χ2n) is 8.91. The smallest absolute Gasteiger partial charge is 0.416 e. The normalized spacial score (nSPS) is 12.4. The summed E-state index contributed by atoms with van der Waals surface area (Å²) in [5, 5.41) is 13.2. The lowest BCUT2D eigenvalue weighted by Crippen LogP contribution is -2.24. The van der Waals surface area contributed by atoms with E-state index in [2.05, 4.69) is 10.3 Å². The first-order valence-electron chi connectivity index (χ1n) is 11.9. The third kappa shape index (κ3) is 6.23. The first kappa shape index (κ1) is 26.9. The van der Waals surface area contributed by atoms with E-state index in [1.807, 2.05) is 31.2 Å². The molecule has 1 atom stereocenters. The van der Waals surface area contributed by atoms with Gasteiger partial charge in [-0.2, -0.15) is 13.2 Å². The van der Waals surface area contributed by atoms with Crippen LogP contribution in [0.25, 0.3) is 22.0 Å². The first-order valence-corrected chi connectivity index (χ1v) is 11.9. The van der Waals surface area contributed by atoms with E-state index in [1.165, 1.54) is 0 Å². The van der Waals surface area contributed by atoms with Gasteiger partial charge in [-0.3, -0.25) is 0 Å². The molecule has 0 saturated heterocycles. The number of halogens is 3. The lowest BCUT2D eigenvalue weighted by molar-refractivity contribution is -0.137. The van der Waals surface area contributed by atoms with Gasteiger partial charge in [-0.15, -0.1) is 0 Å². The van der Waals surface area contributed by atoms with Crippen LogP contribution >= 0.6 is 0 Å². The van der Waals surface area contributed by atoms with Crippen LogP contribution in [0.3, 0.4) is 0 Å². The number of rotatable bonds is 9. The van der Waals surface area contributed by atoms with Gasteiger partial charge in [0.15, 0.2) is 5.69 Å². The number of aryl methyl sites for hydroxylation is 1. The number of carboxylic acid groups (broad SMARTS) is 1. The summed E-state index contributed by atoms with van der Waals surface area (Å²) in [5.41, 5.74) is 1.90. The van der Waals surface area contributed by atoms with E-state index in [4.69, 9.17) is 9.47 Å². The van der Waals surface area contributed by atoms with Gasteiger partial charge in [0.05, 0.1) is 18.2 Å². The van der Waals surface area contributed by atoms with Gasteiger partial charge in [0.1, 0.15) is 18.1 Å². The van der Waals surface area contributed by atoms with Crippen LogP contribution in [0.5, 0.6) is 11.5 Å². The van der Waals surface area contributed by atoms with Gasteiger partial charge in [0.25, 0.3) is 0 Å². The molecule has 0 bridgehead atoms. The SMILES string of the molecule is COc1cccc(C(C)NCCOc2cc(-c3ccc4nc(C(=O)O)c(C)cc4c3)cc(C(F)(F)F)c2)c1. The predicted octanol–water partition coefficient (Wildman–Crippen LogP) is 6.67. The third-order valence-corrected chi connectivity index (χ3v) is 6.19. The molecule has 1 heterocycles. The summed E-state index contributed by atoms with van der Waals surface area (Å²) in [6.07, 6.45) is -4.56. The summed E-state index contributed by atoms with van der Waals surface area (Å²) in [6.45, 7) is 4.18. The molecule has 0 aliphatic carbocycles. The molecule has 2 N–H and O–H groups in total. The predicted molar refractivity (Wildman–Crippen MR) is 139 cm³/mol. The Morgan fingerprint density at radius 1 is 1.03 bits per heavy atom. The fourth-order valence-corrected chi connectivity index (χ4v) is 4.16. The number of fused-ring (bicyclic) bond motifs is 1. The molecule has 4 aromatic rings. The Kier molecular flexibility index (Phi) is 7.87. The zero-order valence-corrected chi connectivity index (χ0v) is 21.1. The summed E-state index contributed by atoms with van der Waals surface area (Å²) in [5.74, 6) is -0.298. The maximum atomic E-state index is 13.7. The number of ether oxygens (including phenoxy) is 2. The quantitative estimate of drug-likeness (QED) is 0.238. The monoisotopic (exact) mass is 524 g/mol. The summed E-state index contributed by atoms with van der Waals surface area (Å²) < 4.78 is 52.0. The van der Waals surface area contributed by atoms with Crippen LogP contribution in [0.1, 0.15) is 40.1 Å². The highest BCUT2D eigenvalue weighted by Crippen LogP contribution is 2.36. The second kappa shape index (κ2) is 11.1. The van der Waals surface area contributed by atoms with Crippen molar-refractivity contribution in [2.75, 3.05) is 20.3 Å². The van der Waals surface area contributed by atoms with Gasteiger partial charge >= 0.3 is 12.1 Å². The lowest BCUT2D eigenvalue weighted by atomic mass is 9.99. The van der Waals surface area contributed by atoms with Gasteiger partial charge in [-0.05, 0) is 84.6 Å². The molecule has 0 aliphatic rings. The fraction of sp³-hybridized carbons (Fsp3) is 0.241. The van der Waals surface area contributed by atoms with E-state index < -0.39 is 17.7 Å². The maximum Gasteiger partial charge on any atom is 0.416 e. The number of methoxy groups -OCH3 is 1. The molecule has 0 aliphatic heterocycles. The Hall–Kier alpha value is -4.11. The van der Waals surface area contributed by atoms with E-state index in [9.17, 15) is 23.1 Å². The number of hydrogen-bond acceptors (Lipinski definition) is 5. The van der Waals surface area contributed by atoms with Crippen molar-refractivity contribution in [1.29, 1.82) is 0 Å². The van der Waals surface area contributed by atoms with Crippen molar-refractivity contribution in [3.63, 3.8) is 0 Å². The number of nitrogens with zero attached hydrogens (tertiary/aromatic N) is 1. The molecule has 0 amide bonds. The van der Waals surface area contributed by atoms with Crippen molar-refractivity contribution in [2.24, 2.45) is 0 Å². The molecule has 0 radical (unpaired) electrons. The number of pyridine rings is 1. The number of carbonyl (C=O) groups is 1. The third-order valence-electron chi connectivity index (χ3n) is 6.19. The number of hydrogen-bond donors (Lipinski definition) is 2. The van der Waals surface area contributed by atoms with Gasteiger partial charge in [0.2, 0.25) is 0 Å². The molecule has 0 fully saturated rings. The lowest BCUT2D eigenvalue weighted by Gasteiger charge is -2.17. The molecule has 6 nitrogen and oxygen atoms in total. The number of aromatic nitrogens is 1. The molecule has 38 heavy (non-hydrogen) atoms. The Bertz CT molecular complexity index is 1470. The van der Waals surface area contributed by atoms with Gasteiger partial charge in [-0.1, -0.05) is 18.2 Å². The minimum absolute atomic E-state index is 0.0120. The van der Waals surface area contributed by atoms with Crippen LogP contribution in [-0.2, 0) is 6.18 Å². The highest BCUT2D eigenvalue weighted by Gasteiger charge is 2.31. The molecular formula is C29H27F3N2O4.